The highest BCUT2D eigenvalue weighted by atomic mass is 16.5. The number of rotatable bonds is 7. The smallest absolute Gasteiger partial charge is 0.0623 e. The minimum atomic E-state index is 0.432. The van der Waals surface area contributed by atoms with Crippen LogP contribution in [-0.2, 0) is 4.74 Å². The van der Waals surface area contributed by atoms with Gasteiger partial charge in [0.05, 0.1) is 13.2 Å². The first-order chi connectivity index (χ1) is 9.07. The average Bonchev–Trinajstić information content (AvgIpc) is 2.71. The van der Waals surface area contributed by atoms with Crippen LogP contribution in [0, 0.1) is 5.92 Å². The lowest BCUT2D eigenvalue weighted by Gasteiger charge is -2.49. The second-order valence-electron chi connectivity index (χ2n) is 6.63. The van der Waals surface area contributed by atoms with Gasteiger partial charge in [-0.2, -0.15) is 0 Å². The lowest BCUT2D eigenvalue weighted by molar-refractivity contribution is 0.0229. The lowest BCUT2D eigenvalue weighted by atomic mass is 9.75. The lowest BCUT2D eigenvalue weighted by Crippen LogP contribution is -2.57. The Balaban J connectivity index is 1.82. The molecule has 0 aromatic rings. The van der Waals surface area contributed by atoms with E-state index < -0.39 is 0 Å². The van der Waals surface area contributed by atoms with E-state index in [0.29, 0.717) is 17.5 Å². The molecule has 0 aromatic heterocycles. The fourth-order valence-corrected chi connectivity index (χ4v) is 3.57. The van der Waals surface area contributed by atoms with Gasteiger partial charge in [0.25, 0.3) is 0 Å². The van der Waals surface area contributed by atoms with Crippen LogP contribution in [0.5, 0.6) is 0 Å². The molecule has 4 heteroatoms. The summed E-state index contributed by atoms with van der Waals surface area (Å²) in [5.74, 6) is 0.643. The highest BCUT2D eigenvalue weighted by Crippen LogP contribution is 2.36. The number of hydrogen-bond acceptors (Lipinski definition) is 4. The Morgan fingerprint density at radius 3 is 2.47 bits per heavy atom. The van der Waals surface area contributed by atoms with Crippen molar-refractivity contribution >= 4 is 0 Å². The fraction of sp³-hybridized carbons (Fsp3) is 1.00. The van der Waals surface area contributed by atoms with Gasteiger partial charge in [-0.3, -0.25) is 0 Å². The topological polar surface area (TPSA) is 27.7 Å². The van der Waals surface area contributed by atoms with E-state index in [-0.39, 0.29) is 0 Å². The molecule has 0 amide bonds. The average molecular weight is 269 g/mol. The van der Waals surface area contributed by atoms with Crippen LogP contribution in [0.3, 0.4) is 0 Å². The Morgan fingerprint density at radius 2 is 1.95 bits per heavy atom. The van der Waals surface area contributed by atoms with Crippen molar-refractivity contribution in [2.24, 2.45) is 5.92 Å². The van der Waals surface area contributed by atoms with E-state index in [1.165, 1.54) is 25.8 Å². The molecule has 2 fully saturated rings. The first-order valence-electron chi connectivity index (χ1n) is 7.74. The SMILES string of the molecule is CCNC1COCC1CN(C)CC1(N(C)C)CCC1. The van der Waals surface area contributed by atoms with E-state index in [2.05, 4.69) is 43.2 Å². The molecule has 0 radical (unpaired) electrons. The molecule has 0 bridgehead atoms. The maximum atomic E-state index is 5.64. The van der Waals surface area contributed by atoms with Gasteiger partial charge in [0.2, 0.25) is 0 Å². The zero-order valence-electron chi connectivity index (χ0n) is 13.1. The molecule has 112 valence electrons. The summed E-state index contributed by atoms with van der Waals surface area (Å²) in [6, 6.07) is 0.546. The third-order valence-corrected chi connectivity index (χ3v) is 5.01. The molecule has 2 unspecified atom stereocenters. The van der Waals surface area contributed by atoms with Gasteiger partial charge in [0, 0.05) is 30.6 Å². The summed E-state index contributed by atoms with van der Waals surface area (Å²) in [6.45, 7) is 7.34. The summed E-state index contributed by atoms with van der Waals surface area (Å²) >= 11 is 0. The molecule has 1 saturated carbocycles. The van der Waals surface area contributed by atoms with Crippen LogP contribution in [0.4, 0.5) is 0 Å². The number of nitrogens with one attached hydrogen (secondary N) is 1. The molecular formula is C15H31N3O. The van der Waals surface area contributed by atoms with Crippen LogP contribution in [0.2, 0.25) is 0 Å². The third kappa shape index (κ3) is 3.48. The monoisotopic (exact) mass is 269 g/mol. The normalized spacial score (nSPS) is 30.0. The molecule has 0 aromatic carbocycles. The van der Waals surface area contributed by atoms with Crippen molar-refractivity contribution in [3.8, 4) is 0 Å². The number of ether oxygens (including phenoxy) is 1. The van der Waals surface area contributed by atoms with Crippen molar-refractivity contribution in [2.75, 3.05) is 54.0 Å². The van der Waals surface area contributed by atoms with Gasteiger partial charge in [-0.25, -0.2) is 0 Å². The zero-order valence-corrected chi connectivity index (χ0v) is 13.1. The van der Waals surface area contributed by atoms with Gasteiger partial charge in [-0.15, -0.1) is 0 Å². The summed E-state index contributed by atoms with van der Waals surface area (Å²) in [4.78, 5) is 4.95. The zero-order chi connectivity index (χ0) is 13.9. The molecule has 2 atom stereocenters. The largest absolute Gasteiger partial charge is 0.379 e. The van der Waals surface area contributed by atoms with E-state index in [4.69, 9.17) is 4.74 Å². The molecule has 1 aliphatic heterocycles. The highest BCUT2D eigenvalue weighted by Gasteiger charge is 2.40. The van der Waals surface area contributed by atoms with Gasteiger partial charge in [0.1, 0.15) is 0 Å². The van der Waals surface area contributed by atoms with Crippen molar-refractivity contribution in [3.63, 3.8) is 0 Å². The molecular weight excluding hydrogens is 238 g/mol. The van der Waals surface area contributed by atoms with E-state index in [9.17, 15) is 0 Å². The van der Waals surface area contributed by atoms with Crippen molar-refractivity contribution in [1.82, 2.24) is 15.1 Å². The molecule has 1 aliphatic carbocycles. The molecule has 4 nitrogen and oxygen atoms in total. The van der Waals surface area contributed by atoms with Crippen LogP contribution >= 0.6 is 0 Å². The second kappa shape index (κ2) is 6.53. The molecule has 1 N–H and O–H groups in total. The Bertz CT molecular complexity index is 279. The van der Waals surface area contributed by atoms with Gasteiger partial charge >= 0.3 is 0 Å². The van der Waals surface area contributed by atoms with Gasteiger partial charge < -0.3 is 19.9 Å². The van der Waals surface area contributed by atoms with E-state index in [0.717, 1.165) is 26.3 Å². The highest BCUT2D eigenvalue weighted by molar-refractivity contribution is 4.98. The Hall–Kier alpha value is -0.160. The summed E-state index contributed by atoms with van der Waals surface area (Å²) in [6.07, 6.45) is 4.09. The van der Waals surface area contributed by atoms with Crippen molar-refractivity contribution in [1.29, 1.82) is 0 Å². The third-order valence-electron chi connectivity index (χ3n) is 5.01. The van der Waals surface area contributed by atoms with Crippen molar-refractivity contribution in [3.05, 3.63) is 0 Å². The molecule has 2 aliphatic rings. The summed E-state index contributed by atoms with van der Waals surface area (Å²) in [5, 5.41) is 3.55. The van der Waals surface area contributed by atoms with E-state index in [1.807, 2.05) is 0 Å². The molecule has 1 saturated heterocycles. The maximum absolute atomic E-state index is 5.64. The van der Waals surface area contributed by atoms with Gasteiger partial charge in [-0.05, 0) is 47.0 Å². The number of nitrogens with zero attached hydrogens (tertiary/aromatic N) is 2. The molecule has 0 spiro atoms. The van der Waals surface area contributed by atoms with Crippen LogP contribution in [0.25, 0.3) is 0 Å². The van der Waals surface area contributed by atoms with E-state index >= 15 is 0 Å². The van der Waals surface area contributed by atoms with Crippen LogP contribution < -0.4 is 5.32 Å². The predicted molar refractivity (Wildman–Crippen MR) is 79.5 cm³/mol. The molecule has 2 rings (SSSR count). The summed E-state index contributed by atoms with van der Waals surface area (Å²) < 4.78 is 5.64. The summed E-state index contributed by atoms with van der Waals surface area (Å²) in [7, 11) is 6.73. The number of hydrogen-bond donors (Lipinski definition) is 1. The van der Waals surface area contributed by atoms with E-state index in [1.54, 1.807) is 0 Å². The second-order valence-corrected chi connectivity index (χ2v) is 6.63. The number of likely N-dealkylation sites (N-methyl/N-ethyl adjacent to an activating group) is 3. The van der Waals surface area contributed by atoms with Gasteiger partial charge in [0.15, 0.2) is 0 Å². The minimum absolute atomic E-state index is 0.432. The van der Waals surface area contributed by atoms with Crippen LogP contribution in [0.15, 0.2) is 0 Å². The predicted octanol–water partition coefficient (Wildman–Crippen LogP) is 1.03. The van der Waals surface area contributed by atoms with Crippen LogP contribution in [0.1, 0.15) is 26.2 Å². The first-order valence-corrected chi connectivity index (χ1v) is 7.74. The minimum Gasteiger partial charge on any atom is -0.379 e. The first kappa shape index (κ1) is 15.2. The fourth-order valence-electron chi connectivity index (χ4n) is 3.57. The quantitative estimate of drug-likeness (QED) is 0.747. The Kier molecular flexibility index (Phi) is 5.23. The summed E-state index contributed by atoms with van der Waals surface area (Å²) in [5.41, 5.74) is 0.432. The van der Waals surface area contributed by atoms with Gasteiger partial charge in [-0.1, -0.05) is 6.92 Å². The Morgan fingerprint density at radius 1 is 1.21 bits per heavy atom. The van der Waals surface area contributed by atoms with Crippen LogP contribution in [-0.4, -0.2) is 75.4 Å². The Labute approximate surface area is 118 Å². The molecule has 19 heavy (non-hydrogen) atoms. The molecule has 1 heterocycles. The van der Waals surface area contributed by atoms with Crippen molar-refractivity contribution in [2.45, 2.75) is 37.8 Å². The maximum Gasteiger partial charge on any atom is 0.0623 e. The van der Waals surface area contributed by atoms with Crippen molar-refractivity contribution < 1.29 is 4.74 Å². The standard InChI is InChI=1S/C15H31N3O/c1-5-16-14-11-19-10-13(14)9-18(4)12-15(17(2)3)7-6-8-15/h13-14,16H,5-12H2,1-4H3.